The minimum Gasteiger partial charge on any atom is -0.469 e. The second kappa shape index (κ2) is 5.44. The first-order valence-corrected chi connectivity index (χ1v) is 5.42. The van der Waals surface area contributed by atoms with Gasteiger partial charge in [-0.25, -0.2) is 8.78 Å². The molecule has 0 fully saturated rings. The van der Waals surface area contributed by atoms with Gasteiger partial charge in [0.1, 0.15) is 17.4 Å². The molecule has 0 aliphatic rings. The minimum absolute atomic E-state index is 0.142. The zero-order valence-electron chi connectivity index (χ0n) is 9.45. The van der Waals surface area contributed by atoms with Gasteiger partial charge in [-0.3, -0.25) is 4.79 Å². The van der Waals surface area contributed by atoms with Crippen molar-refractivity contribution in [2.75, 3.05) is 5.32 Å². The zero-order chi connectivity index (χ0) is 13.0. The molecule has 1 aromatic heterocycles. The van der Waals surface area contributed by atoms with Crippen molar-refractivity contribution in [3.63, 3.8) is 0 Å². The summed E-state index contributed by atoms with van der Waals surface area (Å²) in [7, 11) is 0. The molecule has 0 atom stereocenters. The number of hydrogen-bond donors (Lipinski definition) is 1. The molecule has 0 aliphatic carbocycles. The lowest BCUT2D eigenvalue weighted by Gasteiger charge is -2.05. The Kier molecular flexibility index (Phi) is 3.72. The highest BCUT2D eigenvalue weighted by Gasteiger charge is 2.09. The second-order valence-electron chi connectivity index (χ2n) is 3.75. The molecule has 0 spiro atoms. The standard InChI is InChI=1S/C13H11F2NO2/c14-9-3-5-11(15)12(8-9)16-13(17)6-4-10-2-1-7-18-10/h1-3,5,7-8H,4,6H2,(H,16,17). The average Bonchev–Trinajstić information content (AvgIpc) is 2.84. The Morgan fingerprint density at radius 1 is 1.28 bits per heavy atom. The maximum atomic E-state index is 13.2. The predicted octanol–water partition coefficient (Wildman–Crippen LogP) is 3.13. The molecule has 1 heterocycles. The Labute approximate surface area is 102 Å². The van der Waals surface area contributed by atoms with Crippen LogP contribution in [0.1, 0.15) is 12.2 Å². The van der Waals surface area contributed by atoms with E-state index in [9.17, 15) is 13.6 Å². The third-order valence-electron chi connectivity index (χ3n) is 2.38. The first-order chi connectivity index (χ1) is 8.65. The molecule has 0 saturated carbocycles. The van der Waals surface area contributed by atoms with Gasteiger partial charge in [0.05, 0.1) is 12.0 Å². The van der Waals surface area contributed by atoms with Crippen LogP contribution in [0.15, 0.2) is 41.0 Å². The molecule has 0 saturated heterocycles. The Morgan fingerprint density at radius 3 is 2.83 bits per heavy atom. The number of benzene rings is 1. The number of rotatable bonds is 4. The van der Waals surface area contributed by atoms with Gasteiger partial charge in [-0.2, -0.15) is 0 Å². The molecule has 2 rings (SSSR count). The Hall–Kier alpha value is -2.17. The van der Waals surface area contributed by atoms with Gasteiger partial charge in [0.15, 0.2) is 0 Å². The van der Waals surface area contributed by atoms with Gasteiger partial charge in [-0.05, 0) is 24.3 Å². The van der Waals surface area contributed by atoms with E-state index in [0.29, 0.717) is 12.2 Å². The SMILES string of the molecule is O=C(CCc1ccco1)Nc1cc(F)ccc1F. The van der Waals surface area contributed by atoms with Crippen LogP contribution in [-0.4, -0.2) is 5.91 Å². The van der Waals surface area contributed by atoms with E-state index in [2.05, 4.69) is 5.32 Å². The Morgan fingerprint density at radius 2 is 2.11 bits per heavy atom. The van der Waals surface area contributed by atoms with Crippen LogP contribution in [0.2, 0.25) is 0 Å². The van der Waals surface area contributed by atoms with Crippen molar-refractivity contribution in [3.8, 4) is 0 Å². The summed E-state index contributed by atoms with van der Waals surface area (Å²) in [6.45, 7) is 0. The maximum Gasteiger partial charge on any atom is 0.224 e. The molecule has 1 aromatic carbocycles. The number of hydrogen-bond acceptors (Lipinski definition) is 2. The van der Waals surface area contributed by atoms with E-state index < -0.39 is 17.5 Å². The molecule has 2 aromatic rings. The van der Waals surface area contributed by atoms with Crippen molar-refractivity contribution in [2.24, 2.45) is 0 Å². The van der Waals surface area contributed by atoms with Crippen molar-refractivity contribution < 1.29 is 18.0 Å². The first kappa shape index (κ1) is 12.3. The fourth-order valence-corrected chi connectivity index (χ4v) is 1.50. The number of carbonyl (C=O) groups excluding carboxylic acids is 1. The highest BCUT2D eigenvalue weighted by Crippen LogP contribution is 2.15. The van der Waals surface area contributed by atoms with Crippen LogP contribution in [0.5, 0.6) is 0 Å². The molecule has 5 heteroatoms. The average molecular weight is 251 g/mol. The number of halogens is 2. The van der Waals surface area contributed by atoms with Gasteiger partial charge in [0, 0.05) is 18.9 Å². The summed E-state index contributed by atoms with van der Waals surface area (Å²) in [4.78, 5) is 11.5. The molecule has 0 radical (unpaired) electrons. The van der Waals surface area contributed by atoms with Crippen LogP contribution in [0, 0.1) is 11.6 Å². The topological polar surface area (TPSA) is 42.2 Å². The molecule has 0 aliphatic heterocycles. The van der Waals surface area contributed by atoms with Gasteiger partial charge < -0.3 is 9.73 Å². The Balaban J connectivity index is 1.92. The molecular weight excluding hydrogens is 240 g/mol. The lowest BCUT2D eigenvalue weighted by molar-refractivity contribution is -0.116. The number of amides is 1. The van der Waals surface area contributed by atoms with Crippen molar-refractivity contribution >= 4 is 11.6 Å². The fourth-order valence-electron chi connectivity index (χ4n) is 1.50. The Bertz CT molecular complexity index is 538. The van der Waals surface area contributed by atoms with Crippen molar-refractivity contribution in [1.82, 2.24) is 0 Å². The summed E-state index contributed by atoms with van der Waals surface area (Å²) in [6, 6.07) is 6.38. The van der Waals surface area contributed by atoms with Crippen LogP contribution in [0.25, 0.3) is 0 Å². The fraction of sp³-hybridized carbons (Fsp3) is 0.154. The first-order valence-electron chi connectivity index (χ1n) is 5.42. The lowest BCUT2D eigenvalue weighted by Crippen LogP contribution is -2.13. The van der Waals surface area contributed by atoms with E-state index in [1.54, 1.807) is 12.1 Å². The highest BCUT2D eigenvalue weighted by molar-refractivity contribution is 5.90. The summed E-state index contributed by atoms with van der Waals surface area (Å²) in [5.74, 6) is -0.985. The smallest absolute Gasteiger partial charge is 0.224 e. The molecule has 1 amide bonds. The number of carbonyl (C=O) groups is 1. The summed E-state index contributed by atoms with van der Waals surface area (Å²) in [5.41, 5.74) is -0.153. The van der Waals surface area contributed by atoms with Crippen LogP contribution >= 0.6 is 0 Å². The number of aryl methyl sites for hydroxylation is 1. The van der Waals surface area contributed by atoms with Gasteiger partial charge >= 0.3 is 0 Å². The second-order valence-corrected chi connectivity index (χ2v) is 3.75. The van der Waals surface area contributed by atoms with E-state index >= 15 is 0 Å². The minimum atomic E-state index is -0.664. The van der Waals surface area contributed by atoms with Crippen molar-refractivity contribution in [1.29, 1.82) is 0 Å². The van der Waals surface area contributed by atoms with Crippen LogP contribution in [-0.2, 0) is 11.2 Å². The van der Waals surface area contributed by atoms with Crippen LogP contribution in [0.4, 0.5) is 14.5 Å². The van der Waals surface area contributed by atoms with E-state index in [4.69, 9.17) is 4.42 Å². The van der Waals surface area contributed by atoms with Crippen LogP contribution in [0.3, 0.4) is 0 Å². The van der Waals surface area contributed by atoms with E-state index in [0.717, 1.165) is 18.2 Å². The summed E-state index contributed by atoms with van der Waals surface area (Å²) >= 11 is 0. The zero-order valence-corrected chi connectivity index (χ0v) is 9.45. The maximum absolute atomic E-state index is 13.2. The monoisotopic (exact) mass is 251 g/mol. The molecule has 94 valence electrons. The molecule has 1 N–H and O–H groups in total. The largest absolute Gasteiger partial charge is 0.469 e. The van der Waals surface area contributed by atoms with E-state index in [1.165, 1.54) is 6.26 Å². The quantitative estimate of drug-likeness (QED) is 0.907. The third kappa shape index (κ3) is 3.16. The van der Waals surface area contributed by atoms with Crippen molar-refractivity contribution in [2.45, 2.75) is 12.8 Å². The summed E-state index contributed by atoms with van der Waals surface area (Å²) in [6.07, 6.45) is 2.07. The predicted molar refractivity (Wildman–Crippen MR) is 62.0 cm³/mol. The molecule has 18 heavy (non-hydrogen) atoms. The van der Waals surface area contributed by atoms with Crippen molar-refractivity contribution in [3.05, 3.63) is 54.0 Å². The van der Waals surface area contributed by atoms with Gasteiger partial charge in [0.25, 0.3) is 0 Å². The molecule has 0 unspecified atom stereocenters. The van der Waals surface area contributed by atoms with Gasteiger partial charge in [-0.1, -0.05) is 0 Å². The van der Waals surface area contributed by atoms with E-state index in [-0.39, 0.29) is 12.1 Å². The normalized spacial score (nSPS) is 10.3. The van der Waals surface area contributed by atoms with E-state index in [1.807, 2.05) is 0 Å². The number of furan rings is 1. The van der Waals surface area contributed by atoms with Crippen LogP contribution < -0.4 is 5.32 Å². The van der Waals surface area contributed by atoms with Gasteiger partial charge in [0.2, 0.25) is 5.91 Å². The molecule has 0 bridgehead atoms. The van der Waals surface area contributed by atoms with Gasteiger partial charge in [-0.15, -0.1) is 0 Å². The summed E-state index contributed by atoms with van der Waals surface area (Å²) < 4.78 is 31.2. The number of anilines is 1. The summed E-state index contributed by atoms with van der Waals surface area (Å²) in [5, 5.41) is 2.32. The highest BCUT2D eigenvalue weighted by atomic mass is 19.1. The molecule has 3 nitrogen and oxygen atoms in total. The number of nitrogens with one attached hydrogen (secondary N) is 1. The lowest BCUT2D eigenvalue weighted by atomic mass is 10.2. The third-order valence-corrected chi connectivity index (χ3v) is 2.38. The molecular formula is C13H11F2NO2.